The summed E-state index contributed by atoms with van der Waals surface area (Å²) in [6, 6.07) is 0. The second-order valence-corrected chi connectivity index (χ2v) is 8.76. The third-order valence-electron chi connectivity index (χ3n) is 5.10. The van der Waals surface area contributed by atoms with Crippen molar-refractivity contribution in [3.63, 3.8) is 0 Å². The summed E-state index contributed by atoms with van der Waals surface area (Å²) in [6.45, 7) is 9.36. The summed E-state index contributed by atoms with van der Waals surface area (Å²) < 4.78 is 5.40. The van der Waals surface area contributed by atoms with Gasteiger partial charge in [0.2, 0.25) is 0 Å². The Morgan fingerprint density at radius 1 is 1.04 bits per heavy atom. The molecule has 0 aromatic heterocycles. The topological polar surface area (TPSA) is 72.5 Å². The first-order valence-corrected chi connectivity index (χ1v) is 10.7. The van der Waals surface area contributed by atoms with Crippen LogP contribution in [0.5, 0.6) is 0 Å². The van der Waals surface area contributed by atoms with Crippen molar-refractivity contribution < 1.29 is 19.1 Å². The van der Waals surface area contributed by atoms with Crippen molar-refractivity contribution >= 4 is 17.5 Å². The van der Waals surface area contributed by atoms with Gasteiger partial charge in [-0.15, -0.1) is 0 Å². The van der Waals surface area contributed by atoms with Gasteiger partial charge in [-0.2, -0.15) is 0 Å². The van der Waals surface area contributed by atoms with Gasteiger partial charge in [0.05, 0.1) is 0 Å². The van der Waals surface area contributed by atoms with Crippen molar-refractivity contribution in [3.8, 4) is 0 Å². The van der Waals surface area contributed by atoms with Crippen LogP contribution in [0.2, 0.25) is 0 Å². The summed E-state index contributed by atoms with van der Waals surface area (Å²) in [6.07, 6.45) is 7.18. The minimum Gasteiger partial charge on any atom is -0.460 e. The molecule has 1 N–H and O–H groups in total. The Hall–Kier alpha value is -1.23. The molecule has 0 spiro atoms. The molecule has 1 heterocycles. The van der Waals surface area contributed by atoms with Gasteiger partial charge in [0, 0.05) is 31.1 Å². The summed E-state index contributed by atoms with van der Waals surface area (Å²) in [5.74, 6) is -0.241. The maximum atomic E-state index is 13.2. The van der Waals surface area contributed by atoms with E-state index in [1.165, 1.54) is 0 Å². The summed E-state index contributed by atoms with van der Waals surface area (Å²) >= 11 is 0. The third kappa shape index (κ3) is 10.6. The largest absolute Gasteiger partial charge is 0.460 e. The molecule has 0 radical (unpaired) electrons. The quantitative estimate of drug-likeness (QED) is 0.697. The average Bonchev–Trinajstić information content (AvgIpc) is 2.58. The molecular weight excluding hydrogens is 342 g/mol. The molecule has 0 saturated carbocycles. The number of nitrogens with one attached hydrogen (secondary N) is 1. The number of carbonyl (C=O) groups excluding carboxylic acids is 3. The molecule has 1 fully saturated rings. The molecule has 0 bridgehead atoms. The molecule has 1 aliphatic rings. The van der Waals surface area contributed by atoms with Crippen LogP contribution in [0, 0.1) is 11.8 Å². The van der Waals surface area contributed by atoms with Gasteiger partial charge < -0.3 is 10.1 Å². The van der Waals surface area contributed by atoms with E-state index >= 15 is 0 Å². The fourth-order valence-electron chi connectivity index (χ4n) is 3.62. The Labute approximate surface area is 165 Å². The average molecular weight is 382 g/mol. The van der Waals surface area contributed by atoms with Gasteiger partial charge in [0.1, 0.15) is 17.2 Å². The van der Waals surface area contributed by atoms with Crippen molar-refractivity contribution in [2.45, 2.75) is 97.5 Å². The zero-order chi connectivity index (χ0) is 20.3. The van der Waals surface area contributed by atoms with Crippen LogP contribution in [0.4, 0.5) is 0 Å². The Bertz CT molecular complexity index is 481. The zero-order valence-corrected chi connectivity index (χ0v) is 17.8. The van der Waals surface area contributed by atoms with E-state index in [9.17, 15) is 14.4 Å². The van der Waals surface area contributed by atoms with Gasteiger partial charge in [-0.1, -0.05) is 19.8 Å². The van der Waals surface area contributed by atoms with E-state index in [-0.39, 0.29) is 35.8 Å². The molecule has 1 aliphatic heterocycles. The highest BCUT2D eigenvalue weighted by molar-refractivity contribution is 5.89. The van der Waals surface area contributed by atoms with Gasteiger partial charge in [0.15, 0.2) is 0 Å². The number of hydrogen-bond donors (Lipinski definition) is 1. The van der Waals surface area contributed by atoms with Crippen LogP contribution in [0.1, 0.15) is 91.9 Å². The molecule has 2 unspecified atom stereocenters. The summed E-state index contributed by atoms with van der Waals surface area (Å²) in [4.78, 5) is 37.3. The lowest BCUT2D eigenvalue weighted by molar-refractivity contribution is -0.155. The number of carbonyl (C=O) groups is 3. The second-order valence-electron chi connectivity index (χ2n) is 8.76. The van der Waals surface area contributed by atoms with E-state index < -0.39 is 5.60 Å². The third-order valence-corrected chi connectivity index (χ3v) is 5.10. The van der Waals surface area contributed by atoms with Gasteiger partial charge in [-0.25, -0.2) is 0 Å². The standard InChI is InChI=1S/C22H39NO4/c1-5-19(24)16-18-11-7-9-15-23-14-8-6-10-17(21(18)26)12-13-20(25)27-22(2,3)4/h17-18,23H,5-16H2,1-4H3. The lowest BCUT2D eigenvalue weighted by Gasteiger charge is -2.24. The first-order chi connectivity index (χ1) is 12.7. The molecule has 0 aromatic rings. The Balaban J connectivity index is 2.77. The number of rotatable bonds is 6. The van der Waals surface area contributed by atoms with Gasteiger partial charge in [0.25, 0.3) is 0 Å². The molecule has 0 aliphatic carbocycles. The number of ketones is 2. The lowest BCUT2D eigenvalue weighted by Crippen LogP contribution is -2.29. The highest BCUT2D eigenvalue weighted by Crippen LogP contribution is 2.26. The summed E-state index contributed by atoms with van der Waals surface area (Å²) in [5, 5.41) is 3.45. The van der Waals surface area contributed by atoms with Crippen molar-refractivity contribution in [3.05, 3.63) is 0 Å². The molecule has 5 heteroatoms. The molecule has 0 aromatic carbocycles. The molecule has 156 valence electrons. The molecule has 1 rings (SSSR count). The molecule has 0 amide bonds. The van der Waals surface area contributed by atoms with E-state index in [4.69, 9.17) is 4.74 Å². The summed E-state index contributed by atoms with van der Waals surface area (Å²) in [5.41, 5.74) is -0.505. The van der Waals surface area contributed by atoms with E-state index in [0.29, 0.717) is 19.3 Å². The first-order valence-electron chi connectivity index (χ1n) is 10.7. The smallest absolute Gasteiger partial charge is 0.306 e. The zero-order valence-electron chi connectivity index (χ0n) is 17.8. The first kappa shape index (κ1) is 23.8. The van der Waals surface area contributed by atoms with E-state index in [1.807, 2.05) is 27.7 Å². The number of Topliss-reactive ketones (excluding diaryl/α,β-unsaturated/α-hetero) is 2. The van der Waals surface area contributed by atoms with Crippen LogP contribution in [0.25, 0.3) is 0 Å². The van der Waals surface area contributed by atoms with Crippen molar-refractivity contribution in [1.82, 2.24) is 5.32 Å². The molecule has 1 saturated heterocycles. The molecule has 2 atom stereocenters. The highest BCUT2D eigenvalue weighted by Gasteiger charge is 2.29. The van der Waals surface area contributed by atoms with Crippen LogP contribution in [-0.2, 0) is 19.1 Å². The Morgan fingerprint density at radius 2 is 1.63 bits per heavy atom. The lowest BCUT2D eigenvalue weighted by atomic mass is 9.81. The van der Waals surface area contributed by atoms with Gasteiger partial charge >= 0.3 is 5.97 Å². The van der Waals surface area contributed by atoms with E-state index in [0.717, 1.165) is 51.6 Å². The van der Waals surface area contributed by atoms with Crippen LogP contribution < -0.4 is 5.32 Å². The van der Waals surface area contributed by atoms with Crippen LogP contribution in [0.3, 0.4) is 0 Å². The number of ether oxygens (including phenoxy) is 1. The predicted molar refractivity (Wildman–Crippen MR) is 108 cm³/mol. The monoisotopic (exact) mass is 381 g/mol. The summed E-state index contributed by atoms with van der Waals surface area (Å²) in [7, 11) is 0. The van der Waals surface area contributed by atoms with Crippen molar-refractivity contribution in [2.75, 3.05) is 13.1 Å². The fraction of sp³-hybridized carbons (Fsp3) is 0.864. The molecule has 5 nitrogen and oxygen atoms in total. The number of hydrogen-bond acceptors (Lipinski definition) is 5. The minimum absolute atomic E-state index is 0.147. The van der Waals surface area contributed by atoms with Gasteiger partial charge in [-0.3, -0.25) is 14.4 Å². The maximum absolute atomic E-state index is 13.2. The van der Waals surface area contributed by atoms with Crippen molar-refractivity contribution in [1.29, 1.82) is 0 Å². The van der Waals surface area contributed by atoms with E-state index in [1.54, 1.807) is 0 Å². The highest BCUT2D eigenvalue weighted by atomic mass is 16.6. The SMILES string of the molecule is CCC(=O)CC1CCCCNCCCCC(CCC(=O)OC(C)(C)C)C1=O. The van der Waals surface area contributed by atoms with E-state index in [2.05, 4.69) is 5.32 Å². The maximum Gasteiger partial charge on any atom is 0.306 e. The second kappa shape index (κ2) is 12.3. The van der Waals surface area contributed by atoms with Crippen LogP contribution in [-0.4, -0.2) is 36.2 Å². The Kier molecular flexibility index (Phi) is 10.8. The molecule has 27 heavy (non-hydrogen) atoms. The van der Waals surface area contributed by atoms with Crippen LogP contribution >= 0.6 is 0 Å². The van der Waals surface area contributed by atoms with Crippen LogP contribution in [0.15, 0.2) is 0 Å². The molecular formula is C22H39NO4. The minimum atomic E-state index is -0.505. The number of esters is 1. The van der Waals surface area contributed by atoms with Crippen molar-refractivity contribution in [2.24, 2.45) is 11.8 Å². The fourth-order valence-corrected chi connectivity index (χ4v) is 3.62. The normalized spacial score (nSPS) is 23.2. The Morgan fingerprint density at radius 3 is 2.19 bits per heavy atom. The predicted octanol–water partition coefficient (Wildman–Crippen LogP) is 4.22. The van der Waals surface area contributed by atoms with Gasteiger partial charge in [-0.05, 0) is 66.0 Å².